The molecule has 0 fully saturated rings. The van der Waals surface area contributed by atoms with Gasteiger partial charge in [-0.2, -0.15) is 5.26 Å². The van der Waals surface area contributed by atoms with Crippen molar-refractivity contribution in [2.45, 2.75) is 20.5 Å². The average Bonchev–Trinajstić information content (AvgIpc) is 2.90. The summed E-state index contributed by atoms with van der Waals surface area (Å²) in [5, 5.41) is 9.57. The van der Waals surface area contributed by atoms with Crippen molar-refractivity contribution in [2.75, 3.05) is 33.5 Å². The van der Waals surface area contributed by atoms with E-state index in [-0.39, 0.29) is 37.5 Å². The number of hydrogen-bond acceptors (Lipinski definition) is 8. The van der Waals surface area contributed by atoms with Gasteiger partial charge >= 0.3 is 5.97 Å². The van der Waals surface area contributed by atoms with E-state index >= 15 is 0 Å². The van der Waals surface area contributed by atoms with Gasteiger partial charge in [0.25, 0.3) is 11.8 Å². The topological polar surface area (TPSA) is 115 Å². The predicted octanol–water partition coefficient (Wildman–Crippen LogP) is 3.45. The van der Waals surface area contributed by atoms with Crippen molar-refractivity contribution < 1.29 is 33.3 Å². The van der Waals surface area contributed by atoms with Crippen LogP contribution in [0.2, 0.25) is 0 Å². The number of hydrogen-bond donors (Lipinski definition) is 0. The Balaban J connectivity index is 1.78. The molecule has 0 unspecified atom stereocenters. The second-order valence-corrected chi connectivity index (χ2v) is 8.07. The highest BCUT2D eigenvalue weighted by Gasteiger charge is 2.35. The monoisotopic (exact) mass is 504 g/mol. The molecule has 1 heterocycles. The third-order valence-electron chi connectivity index (χ3n) is 5.55. The van der Waals surface area contributed by atoms with Crippen LogP contribution in [0.5, 0.6) is 11.5 Å². The summed E-state index contributed by atoms with van der Waals surface area (Å²) >= 11 is 0. The zero-order valence-corrected chi connectivity index (χ0v) is 21.0. The highest BCUT2D eigenvalue weighted by Crippen LogP contribution is 2.32. The van der Waals surface area contributed by atoms with E-state index in [4.69, 9.17) is 18.9 Å². The summed E-state index contributed by atoms with van der Waals surface area (Å²) in [4.78, 5) is 37.8. The van der Waals surface area contributed by atoms with Crippen LogP contribution in [0.25, 0.3) is 6.08 Å². The fourth-order valence-electron chi connectivity index (χ4n) is 3.63. The van der Waals surface area contributed by atoms with Crippen LogP contribution < -0.4 is 9.47 Å². The number of carbonyl (C=O) groups excluding carboxylic acids is 3. The Kier molecular flexibility index (Phi) is 9.58. The molecular weight excluding hydrogens is 476 g/mol. The third-order valence-corrected chi connectivity index (χ3v) is 5.55. The number of carbonyl (C=O) groups is 3. The quantitative estimate of drug-likeness (QED) is 0.198. The molecule has 0 aromatic heterocycles. The lowest BCUT2D eigenvalue weighted by atomic mass is 9.93. The standard InChI is InChI=1S/C28H28N2O7/c1-19-23(27(32)30(28(33)24(19)17-29)11-12-35-13-14-36-20(2)31)15-22-9-10-25(26(16-22)34-3)37-18-21-7-5-4-6-8-21/h4-10,15-16H,11-14,18H2,1-3H3/b23-15+. The zero-order valence-electron chi connectivity index (χ0n) is 21.0. The maximum atomic E-state index is 13.2. The maximum absolute atomic E-state index is 13.2. The van der Waals surface area contributed by atoms with Gasteiger partial charge < -0.3 is 18.9 Å². The van der Waals surface area contributed by atoms with Crippen LogP contribution in [0.15, 0.2) is 65.3 Å². The van der Waals surface area contributed by atoms with Gasteiger partial charge in [0, 0.05) is 12.5 Å². The molecule has 192 valence electrons. The normalized spacial score (nSPS) is 14.5. The fourth-order valence-corrected chi connectivity index (χ4v) is 3.63. The molecule has 9 heteroatoms. The number of methoxy groups -OCH3 is 1. The molecule has 0 spiro atoms. The second-order valence-electron chi connectivity index (χ2n) is 8.07. The van der Waals surface area contributed by atoms with E-state index in [0.717, 1.165) is 10.5 Å². The van der Waals surface area contributed by atoms with Crippen LogP contribution in [0.1, 0.15) is 25.0 Å². The highest BCUT2D eigenvalue weighted by molar-refractivity contribution is 6.19. The number of benzene rings is 2. The van der Waals surface area contributed by atoms with E-state index in [1.165, 1.54) is 14.0 Å². The van der Waals surface area contributed by atoms with E-state index in [9.17, 15) is 19.6 Å². The molecule has 0 saturated carbocycles. The van der Waals surface area contributed by atoms with Crippen LogP contribution in [-0.2, 0) is 30.5 Å². The molecule has 0 radical (unpaired) electrons. The summed E-state index contributed by atoms with van der Waals surface area (Å²) in [6.45, 7) is 3.39. The Morgan fingerprint density at radius 2 is 1.78 bits per heavy atom. The zero-order chi connectivity index (χ0) is 26.8. The maximum Gasteiger partial charge on any atom is 0.302 e. The molecule has 37 heavy (non-hydrogen) atoms. The van der Waals surface area contributed by atoms with Gasteiger partial charge in [0.2, 0.25) is 0 Å². The first kappa shape index (κ1) is 27.2. The second kappa shape index (κ2) is 13.0. The number of nitrogens with zero attached hydrogens (tertiary/aromatic N) is 2. The number of rotatable bonds is 11. The minimum Gasteiger partial charge on any atom is -0.493 e. The summed E-state index contributed by atoms with van der Waals surface area (Å²) in [6, 6.07) is 16.8. The Hall–Kier alpha value is -4.42. The molecule has 9 nitrogen and oxygen atoms in total. The van der Waals surface area contributed by atoms with Gasteiger partial charge in [-0.25, -0.2) is 0 Å². The predicted molar refractivity (Wildman–Crippen MR) is 134 cm³/mol. The number of imide groups is 1. The van der Waals surface area contributed by atoms with Crippen molar-refractivity contribution in [3.05, 3.63) is 76.4 Å². The molecule has 2 amide bonds. The first-order valence-corrected chi connectivity index (χ1v) is 11.6. The molecule has 0 saturated heterocycles. The largest absolute Gasteiger partial charge is 0.493 e. The lowest BCUT2D eigenvalue weighted by Gasteiger charge is -2.27. The molecule has 1 aliphatic rings. The number of ether oxygens (including phenoxy) is 4. The minimum atomic E-state index is -0.673. The Morgan fingerprint density at radius 1 is 1.03 bits per heavy atom. The van der Waals surface area contributed by atoms with Gasteiger partial charge in [-0.15, -0.1) is 0 Å². The van der Waals surface area contributed by atoms with Crippen molar-refractivity contribution in [2.24, 2.45) is 0 Å². The van der Waals surface area contributed by atoms with Crippen LogP contribution >= 0.6 is 0 Å². The Morgan fingerprint density at radius 3 is 2.46 bits per heavy atom. The van der Waals surface area contributed by atoms with Gasteiger partial charge in [-0.3, -0.25) is 19.3 Å². The molecule has 1 aliphatic heterocycles. The molecule has 0 atom stereocenters. The van der Waals surface area contributed by atoms with E-state index < -0.39 is 17.8 Å². The van der Waals surface area contributed by atoms with Gasteiger partial charge in [0.05, 0.1) is 26.9 Å². The van der Waals surface area contributed by atoms with Gasteiger partial charge in [-0.05, 0) is 41.8 Å². The van der Waals surface area contributed by atoms with Gasteiger partial charge in [-0.1, -0.05) is 36.4 Å². The minimum absolute atomic E-state index is 0.0328. The summed E-state index contributed by atoms with van der Waals surface area (Å²) < 4.78 is 21.5. The van der Waals surface area contributed by atoms with Crippen molar-refractivity contribution in [3.63, 3.8) is 0 Å². The van der Waals surface area contributed by atoms with Crippen molar-refractivity contribution >= 4 is 23.9 Å². The molecule has 0 aliphatic carbocycles. The van der Waals surface area contributed by atoms with E-state index in [0.29, 0.717) is 29.2 Å². The van der Waals surface area contributed by atoms with E-state index in [2.05, 4.69) is 0 Å². The van der Waals surface area contributed by atoms with E-state index in [1.807, 2.05) is 36.4 Å². The van der Waals surface area contributed by atoms with Gasteiger partial charge in [0.15, 0.2) is 11.5 Å². The molecule has 2 aromatic carbocycles. The number of nitriles is 1. The van der Waals surface area contributed by atoms with E-state index in [1.54, 1.807) is 31.2 Å². The van der Waals surface area contributed by atoms with Crippen LogP contribution in [0, 0.1) is 11.3 Å². The van der Waals surface area contributed by atoms with Crippen molar-refractivity contribution in [3.8, 4) is 17.6 Å². The van der Waals surface area contributed by atoms with Crippen LogP contribution in [-0.4, -0.2) is 56.2 Å². The SMILES string of the molecule is COc1cc(/C=C2/C(=O)N(CCOCCOC(C)=O)C(=O)C(C#N)=C2C)ccc1OCc1ccccc1. The smallest absolute Gasteiger partial charge is 0.302 e. The Labute approximate surface area is 215 Å². The lowest BCUT2D eigenvalue weighted by molar-refractivity contribution is -0.142. The first-order chi connectivity index (χ1) is 17.8. The number of esters is 1. The fraction of sp³-hybridized carbons (Fsp3) is 0.286. The summed E-state index contributed by atoms with van der Waals surface area (Å²) in [5.74, 6) is -0.617. The van der Waals surface area contributed by atoms with Crippen molar-refractivity contribution in [1.82, 2.24) is 4.90 Å². The van der Waals surface area contributed by atoms with Crippen molar-refractivity contribution in [1.29, 1.82) is 5.26 Å². The molecular formula is C28H28N2O7. The highest BCUT2D eigenvalue weighted by atomic mass is 16.6. The first-order valence-electron chi connectivity index (χ1n) is 11.6. The lowest BCUT2D eigenvalue weighted by Crippen LogP contribution is -2.44. The molecule has 2 aromatic rings. The third kappa shape index (κ3) is 7.06. The molecule has 3 rings (SSSR count). The summed E-state index contributed by atoms with van der Waals surface area (Å²) in [5.41, 5.74) is 2.05. The van der Waals surface area contributed by atoms with Gasteiger partial charge in [0.1, 0.15) is 24.9 Å². The molecule has 0 bridgehead atoms. The number of amides is 2. The van der Waals surface area contributed by atoms with Crippen LogP contribution in [0.4, 0.5) is 0 Å². The Bertz CT molecular complexity index is 1260. The molecule has 0 N–H and O–H groups in total. The average molecular weight is 505 g/mol. The van der Waals surface area contributed by atoms with Crippen LogP contribution in [0.3, 0.4) is 0 Å². The summed E-state index contributed by atoms with van der Waals surface area (Å²) in [6.07, 6.45) is 1.61. The summed E-state index contributed by atoms with van der Waals surface area (Å²) in [7, 11) is 1.52.